The van der Waals surface area contributed by atoms with E-state index in [-0.39, 0.29) is 0 Å². The maximum atomic E-state index is 12.2. The fourth-order valence-electron chi connectivity index (χ4n) is 2.54. The Morgan fingerprint density at radius 1 is 0.957 bits per heavy atom. The summed E-state index contributed by atoms with van der Waals surface area (Å²) in [6.45, 7) is 4.58. The van der Waals surface area contributed by atoms with Crippen LogP contribution >= 0.6 is 8.95 Å². The Morgan fingerprint density at radius 2 is 1.52 bits per heavy atom. The molecule has 0 spiro atoms. The van der Waals surface area contributed by atoms with Crippen molar-refractivity contribution >= 4 is 36.1 Å². The zero-order valence-electron chi connectivity index (χ0n) is 15.1. The fourth-order valence-corrected chi connectivity index (χ4v) is 4.12. The van der Waals surface area contributed by atoms with Crippen LogP contribution < -0.4 is 0 Å². The second-order valence-electron chi connectivity index (χ2n) is 6.34. The van der Waals surface area contributed by atoms with Crippen LogP contribution in [0.5, 0.6) is 0 Å². The molecule has 1 atom stereocenters. The SMILES string of the molecule is CCCCOC(=O)C(O)(CCCC)CCCCCCCC[S][Sn]. The Hall–Kier alpha value is 0.579. The summed E-state index contributed by atoms with van der Waals surface area (Å²) >= 11 is 1.57. The molecule has 1 unspecified atom stereocenters. The van der Waals surface area contributed by atoms with Crippen molar-refractivity contribution in [1.29, 1.82) is 0 Å². The van der Waals surface area contributed by atoms with E-state index in [0.29, 0.717) is 19.4 Å². The molecule has 0 aromatic rings. The Kier molecular flexibility index (Phi) is 16.5. The molecule has 0 saturated carbocycles. The van der Waals surface area contributed by atoms with Gasteiger partial charge in [-0.3, -0.25) is 0 Å². The van der Waals surface area contributed by atoms with Crippen molar-refractivity contribution in [2.45, 2.75) is 96.5 Å². The number of hydrogen-bond donors (Lipinski definition) is 1. The van der Waals surface area contributed by atoms with Crippen molar-refractivity contribution in [3.8, 4) is 0 Å². The first kappa shape index (κ1) is 23.6. The van der Waals surface area contributed by atoms with Gasteiger partial charge < -0.3 is 0 Å². The summed E-state index contributed by atoms with van der Waals surface area (Å²) in [5, 5.41) is 10.7. The number of hydrogen-bond acceptors (Lipinski definition) is 4. The van der Waals surface area contributed by atoms with E-state index in [9.17, 15) is 9.90 Å². The summed E-state index contributed by atoms with van der Waals surface area (Å²) in [6, 6.07) is 0. The van der Waals surface area contributed by atoms with Gasteiger partial charge in [-0.05, 0) is 6.42 Å². The molecule has 0 amide bonds. The maximum absolute atomic E-state index is 12.2. The topological polar surface area (TPSA) is 46.5 Å². The van der Waals surface area contributed by atoms with Crippen molar-refractivity contribution in [2.75, 3.05) is 12.4 Å². The van der Waals surface area contributed by atoms with Crippen molar-refractivity contribution in [3.05, 3.63) is 0 Å². The molecule has 23 heavy (non-hydrogen) atoms. The molecular formula is C18H35O3SSn. The van der Waals surface area contributed by atoms with Crippen LogP contribution in [0.1, 0.15) is 90.9 Å². The summed E-state index contributed by atoms with van der Waals surface area (Å²) in [5.41, 5.74) is -1.26. The van der Waals surface area contributed by atoms with Crippen molar-refractivity contribution in [3.63, 3.8) is 0 Å². The molecule has 5 heteroatoms. The van der Waals surface area contributed by atoms with Crippen LogP contribution in [0.3, 0.4) is 0 Å². The second kappa shape index (κ2) is 16.1. The molecule has 0 aliphatic carbocycles. The van der Waals surface area contributed by atoms with E-state index in [4.69, 9.17) is 4.74 Å². The zero-order chi connectivity index (χ0) is 17.4. The molecular weight excluding hydrogens is 415 g/mol. The molecule has 0 rings (SSSR count). The van der Waals surface area contributed by atoms with Crippen LogP contribution in [0.25, 0.3) is 0 Å². The summed E-state index contributed by atoms with van der Waals surface area (Å²) < 4.78 is 5.28. The van der Waals surface area contributed by atoms with Crippen LogP contribution in [0.2, 0.25) is 0 Å². The normalized spacial score (nSPS) is 13.7. The summed E-state index contributed by atoms with van der Waals surface area (Å²) in [7, 11) is 2.00. The zero-order valence-corrected chi connectivity index (χ0v) is 18.7. The molecule has 3 nitrogen and oxygen atoms in total. The molecule has 0 aliphatic rings. The van der Waals surface area contributed by atoms with Gasteiger partial charge in [0, 0.05) is 0 Å². The van der Waals surface area contributed by atoms with Gasteiger partial charge in [0.2, 0.25) is 0 Å². The number of carbonyl (C=O) groups excluding carboxylic acids is 1. The quantitative estimate of drug-likeness (QED) is 0.209. The summed E-state index contributed by atoms with van der Waals surface area (Å²) in [5.74, 6) is 0.890. The number of rotatable bonds is 16. The number of esters is 1. The van der Waals surface area contributed by atoms with E-state index in [1.807, 2.05) is 8.95 Å². The van der Waals surface area contributed by atoms with Crippen molar-refractivity contribution < 1.29 is 14.6 Å². The van der Waals surface area contributed by atoms with E-state index in [1.54, 1.807) is 21.1 Å². The standard InChI is InChI=1S/C18H36O3S.Sn/c1-3-5-13-18(20,17(19)21-15-6-4-2)14-11-9-7-8-10-12-16-22;/h20,22H,3-16H2,1-2H3;/q;+1/p-1. The first-order chi connectivity index (χ1) is 11.1. The molecule has 135 valence electrons. The average Bonchev–Trinajstić information content (AvgIpc) is 2.55. The van der Waals surface area contributed by atoms with Gasteiger partial charge in [-0.15, -0.1) is 0 Å². The second-order valence-corrected chi connectivity index (χ2v) is 9.51. The third-order valence-electron chi connectivity index (χ3n) is 4.14. The Balaban J connectivity index is 4.04. The monoisotopic (exact) mass is 451 g/mol. The van der Waals surface area contributed by atoms with E-state index < -0.39 is 11.6 Å². The van der Waals surface area contributed by atoms with Gasteiger partial charge in [0.25, 0.3) is 0 Å². The predicted molar refractivity (Wildman–Crippen MR) is 101 cm³/mol. The fraction of sp³-hybridized carbons (Fsp3) is 0.944. The van der Waals surface area contributed by atoms with Gasteiger partial charge >= 0.3 is 120 Å². The molecule has 0 saturated heterocycles. The molecule has 0 aliphatic heterocycles. The Bertz CT molecular complexity index is 289. The third-order valence-corrected chi connectivity index (χ3v) is 6.38. The number of unbranched alkanes of at least 4 members (excludes halogenated alkanes) is 7. The van der Waals surface area contributed by atoms with Gasteiger partial charge in [-0.25, -0.2) is 0 Å². The average molecular weight is 450 g/mol. The Morgan fingerprint density at radius 3 is 2.13 bits per heavy atom. The van der Waals surface area contributed by atoms with Gasteiger partial charge in [0.15, 0.2) is 0 Å². The van der Waals surface area contributed by atoms with Gasteiger partial charge in [-0.1, -0.05) is 26.7 Å². The van der Waals surface area contributed by atoms with E-state index in [0.717, 1.165) is 38.5 Å². The van der Waals surface area contributed by atoms with Crippen LogP contribution in [-0.2, 0) is 9.53 Å². The summed E-state index contributed by atoms with van der Waals surface area (Å²) in [6.07, 6.45) is 11.9. The van der Waals surface area contributed by atoms with Gasteiger partial charge in [0.1, 0.15) is 0 Å². The summed E-state index contributed by atoms with van der Waals surface area (Å²) in [4.78, 5) is 12.2. The van der Waals surface area contributed by atoms with Crippen LogP contribution in [0, 0.1) is 0 Å². The molecule has 1 N–H and O–H groups in total. The molecule has 0 aromatic carbocycles. The van der Waals surface area contributed by atoms with Crippen molar-refractivity contribution in [2.24, 2.45) is 0 Å². The minimum atomic E-state index is -1.26. The molecule has 0 aromatic heterocycles. The molecule has 0 fully saturated rings. The van der Waals surface area contributed by atoms with E-state index >= 15 is 0 Å². The number of ether oxygens (including phenoxy) is 1. The first-order valence-electron chi connectivity index (χ1n) is 9.28. The van der Waals surface area contributed by atoms with Crippen LogP contribution in [0.4, 0.5) is 0 Å². The number of aliphatic hydroxyl groups is 1. The number of carbonyl (C=O) groups is 1. The molecule has 3 radical (unpaired) electrons. The molecule has 0 heterocycles. The van der Waals surface area contributed by atoms with E-state index in [1.165, 1.54) is 31.4 Å². The van der Waals surface area contributed by atoms with E-state index in [2.05, 4.69) is 13.8 Å². The van der Waals surface area contributed by atoms with Crippen LogP contribution in [-0.4, -0.2) is 50.2 Å². The third kappa shape index (κ3) is 12.6. The van der Waals surface area contributed by atoms with Crippen LogP contribution in [0.15, 0.2) is 0 Å². The predicted octanol–water partition coefficient (Wildman–Crippen LogP) is 4.80. The van der Waals surface area contributed by atoms with Gasteiger partial charge in [0.05, 0.1) is 6.61 Å². The first-order valence-corrected chi connectivity index (χ1v) is 13.8. The Labute approximate surface area is 159 Å². The minimum absolute atomic E-state index is 0.401. The van der Waals surface area contributed by atoms with Gasteiger partial charge in [-0.2, -0.15) is 0 Å². The van der Waals surface area contributed by atoms with Crippen molar-refractivity contribution in [1.82, 2.24) is 0 Å². The molecule has 0 bridgehead atoms.